The molecule has 0 unspecified atom stereocenters. The van der Waals surface area contributed by atoms with Gasteiger partial charge in [0.25, 0.3) is 0 Å². The Labute approximate surface area is 121 Å². The molecule has 3 N–H and O–H groups in total. The number of rotatable bonds is 4. The number of aryl methyl sites for hydroxylation is 2. The molecule has 0 atom stereocenters. The highest BCUT2D eigenvalue weighted by atomic mass is 16.4. The van der Waals surface area contributed by atoms with Gasteiger partial charge in [-0.1, -0.05) is 6.07 Å². The summed E-state index contributed by atoms with van der Waals surface area (Å²) in [7, 11) is 0. The third-order valence-electron chi connectivity index (χ3n) is 2.95. The minimum absolute atomic E-state index is 0.123. The van der Waals surface area contributed by atoms with Crippen LogP contribution in [0.5, 0.6) is 0 Å². The van der Waals surface area contributed by atoms with E-state index < -0.39 is 12.0 Å². The van der Waals surface area contributed by atoms with E-state index in [1.807, 2.05) is 13.0 Å². The zero-order valence-electron chi connectivity index (χ0n) is 11.8. The number of hydrogen-bond donors (Lipinski definition) is 3. The summed E-state index contributed by atoms with van der Waals surface area (Å²) in [4.78, 5) is 22.7. The van der Waals surface area contributed by atoms with Crippen LogP contribution in [-0.4, -0.2) is 17.1 Å². The Kier molecular flexibility index (Phi) is 4.27. The number of nitrogens with one attached hydrogen (secondary N) is 2. The van der Waals surface area contributed by atoms with E-state index in [0.717, 1.165) is 11.3 Å². The predicted molar refractivity (Wildman–Crippen MR) is 77.4 cm³/mol. The van der Waals surface area contributed by atoms with Crippen molar-refractivity contribution in [2.75, 3.05) is 5.32 Å². The Hall–Kier alpha value is -2.76. The fraction of sp³-hybridized carbons (Fsp3) is 0.200. The molecule has 0 fully saturated rings. The Morgan fingerprint density at radius 2 is 1.95 bits per heavy atom. The van der Waals surface area contributed by atoms with Crippen LogP contribution < -0.4 is 10.6 Å². The van der Waals surface area contributed by atoms with E-state index in [0.29, 0.717) is 11.4 Å². The highest BCUT2D eigenvalue weighted by Gasteiger charge is 2.09. The van der Waals surface area contributed by atoms with Gasteiger partial charge >= 0.3 is 12.0 Å². The van der Waals surface area contributed by atoms with Crippen LogP contribution in [0, 0.1) is 13.8 Å². The lowest BCUT2D eigenvalue weighted by atomic mass is 10.1. The van der Waals surface area contributed by atoms with Gasteiger partial charge in [-0.25, -0.2) is 9.59 Å². The van der Waals surface area contributed by atoms with Crippen molar-refractivity contribution in [3.63, 3.8) is 0 Å². The molecule has 21 heavy (non-hydrogen) atoms. The molecule has 0 saturated heterocycles. The monoisotopic (exact) mass is 288 g/mol. The Balaban J connectivity index is 1.99. The number of hydrogen-bond acceptors (Lipinski definition) is 3. The first-order valence-corrected chi connectivity index (χ1v) is 6.40. The van der Waals surface area contributed by atoms with E-state index in [2.05, 4.69) is 10.6 Å². The molecule has 2 aromatic rings. The number of aromatic carboxylic acids is 1. The molecule has 0 aliphatic carbocycles. The van der Waals surface area contributed by atoms with Gasteiger partial charge in [0.05, 0.1) is 12.1 Å². The number of amides is 2. The molecule has 2 amide bonds. The summed E-state index contributed by atoms with van der Waals surface area (Å²) in [5.41, 5.74) is 1.37. The van der Waals surface area contributed by atoms with E-state index in [-0.39, 0.29) is 12.1 Å². The van der Waals surface area contributed by atoms with Gasteiger partial charge < -0.3 is 20.2 Å². The zero-order chi connectivity index (χ0) is 15.4. The molecule has 0 saturated carbocycles. The van der Waals surface area contributed by atoms with Crippen molar-refractivity contribution >= 4 is 17.7 Å². The van der Waals surface area contributed by atoms with Gasteiger partial charge in [0, 0.05) is 5.69 Å². The maximum Gasteiger partial charge on any atom is 0.335 e. The lowest BCUT2D eigenvalue weighted by molar-refractivity contribution is 0.0697. The van der Waals surface area contributed by atoms with Crippen molar-refractivity contribution in [1.82, 2.24) is 5.32 Å². The Morgan fingerprint density at radius 1 is 1.19 bits per heavy atom. The standard InChI is InChI=1S/C15H16N2O4/c1-9-3-5-11(14(18)19)7-13(9)17-15(20)16-8-12-6-4-10(2)21-12/h3-7H,8H2,1-2H3,(H,18,19)(H2,16,17,20). The van der Waals surface area contributed by atoms with Gasteiger partial charge in [0.1, 0.15) is 11.5 Å². The van der Waals surface area contributed by atoms with Crippen LogP contribution in [0.15, 0.2) is 34.7 Å². The summed E-state index contributed by atoms with van der Waals surface area (Å²) in [5, 5.41) is 14.2. The number of furan rings is 1. The predicted octanol–water partition coefficient (Wildman–Crippen LogP) is 2.92. The van der Waals surface area contributed by atoms with Gasteiger partial charge in [0.15, 0.2) is 0 Å². The van der Waals surface area contributed by atoms with E-state index >= 15 is 0 Å². The fourth-order valence-corrected chi connectivity index (χ4v) is 1.80. The zero-order valence-corrected chi connectivity index (χ0v) is 11.8. The van der Waals surface area contributed by atoms with Gasteiger partial charge in [-0.15, -0.1) is 0 Å². The SMILES string of the molecule is Cc1ccc(CNC(=O)Nc2cc(C(=O)O)ccc2C)o1. The summed E-state index contributed by atoms with van der Waals surface area (Å²) in [6.45, 7) is 3.87. The lowest BCUT2D eigenvalue weighted by Crippen LogP contribution is -2.28. The summed E-state index contributed by atoms with van der Waals surface area (Å²) < 4.78 is 5.34. The summed E-state index contributed by atoms with van der Waals surface area (Å²) in [6, 6.07) is 7.74. The first-order chi connectivity index (χ1) is 9.95. The van der Waals surface area contributed by atoms with Crippen molar-refractivity contribution in [3.8, 4) is 0 Å². The molecule has 0 spiro atoms. The first kappa shape index (κ1) is 14.6. The Bertz CT molecular complexity index is 676. The number of urea groups is 1. The van der Waals surface area contributed by atoms with Crippen molar-refractivity contribution in [2.24, 2.45) is 0 Å². The van der Waals surface area contributed by atoms with E-state index in [4.69, 9.17) is 9.52 Å². The van der Waals surface area contributed by atoms with Crippen molar-refractivity contribution < 1.29 is 19.1 Å². The molecule has 1 aromatic carbocycles. The van der Waals surface area contributed by atoms with Crippen LogP contribution in [0.25, 0.3) is 0 Å². The summed E-state index contributed by atoms with van der Waals surface area (Å²) in [6.07, 6.45) is 0. The third-order valence-corrected chi connectivity index (χ3v) is 2.95. The second-order valence-electron chi connectivity index (χ2n) is 4.65. The average Bonchev–Trinajstić information content (AvgIpc) is 2.84. The van der Waals surface area contributed by atoms with Crippen LogP contribution in [0.1, 0.15) is 27.4 Å². The van der Waals surface area contributed by atoms with Crippen LogP contribution in [-0.2, 0) is 6.54 Å². The van der Waals surface area contributed by atoms with Gasteiger partial charge in [-0.3, -0.25) is 0 Å². The first-order valence-electron chi connectivity index (χ1n) is 6.40. The van der Waals surface area contributed by atoms with Crippen molar-refractivity contribution in [3.05, 3.63) is 53.0 Å². The van der Waals surface area contributed by atoms with Gasteiger partial charge in [0.2, 0.25) is 0 Å². The molecule has 110 valence electrons. The summed E-state index contributed by atoms with van der Waals surface area (Å²) >= 11 is 0. The quantitative estimate of drug-likeness (QED) is 0.806. The molecule has 0 aliphatic rings. The number of carbonyl (C=O) groups is 2. The highest BCUT2D eigenvalue weighted by Crippen LogP contribution is 2.17. The molecule has 2 rings (SSSR count). The molecular formula is C15H16N2O4. The van der Waals surface area contributed by atoms with Crippen LogP contribution in [0.2, 0.25) is 0 Å². The lowest BCUT2D eigenvalue weighted by Gasteiger charge is -2.10. The summed E-state index contributed by atoms with van der Waals surface area (Å²) in [5.74, 6) is 0.389. The van der Waals surface area contributed by atoms with E-state index in [9.17, 15) is 9.59 Å². The maximum absolute atomic E-state index is 11.8. The Morgan fingerprint density at radius 3 is 2.57 bits per heavy atom. The van der Waals surface area contributed by atoms with Crippen LogP contribution in [0.3, 0.4) is 0 Å². The molecule has 0 aliphatic heterocycles. The average molecular weight is 288 g/mol. The normalized spacial score (nSPS) is 10.2. The number of carbonyl (C=O) groups excluding carboxylic acids is 1. The van der Waals surface area contributed by atoms with E-state index in [1.165, 1.54) is 12.1 Å². The van der Waals surface area contributed by atoms with Crippen molar-refractivity contribution in [1.29, 1.82) is 0 Å². The number of benzene rings is 1. The molecule has 1 heterocycles. The van der Waals surface area contributed by atoms with Crippen LogP contribution in [0.4, 0.5) is 10.5 Å². The molecule has 0 radical (unpaired) electrons. The minimum Gasteiger partial charge on any atom is -0.478 e. The van der Waals surface area contributed by atoms with Crippen LogP contribution >= 0.6 is 0 Å². The van der Waals surface area contributed by atoms with Gasteiger partial charge in [-0.05, 0) is 43.7 Å². The minimum atomic E-state index is -1.04. The molecule has 6 nitrogen and oxygen atoms in total. The number of carboxylic acids is 1. The topological polar surface area (TPSA) is 91.6 Å². The fourth-order valence-electron chi connectivity index (χ4n) is 1.80. The molecular weight excluding hydrogens is 272 g/mol. The van der Waals surface area contributed by atoms with Gasteiger partial charge in [-0.2, -0.15) is 0 Å². The second kappa shape index (κ2) is 6.13. The maximum atomic E-state index is 11.8. The van der Waals surface area contributed by atoms with E-state index in [1.54, 1.807) is 19.1 Å². The molecule has 1 aromatic heterocycles. The molecule has 0 bridgehead atoms. The largest absolute Gasteiger partial charge is 0.478 e. The van der Waals surface area contributed by atoms with Crippen molar-refractivity contribution in [2.45, 2.75) is 20.4 Å². The second-order valence-corrected chi connectivity index (χ2v) is 4.65. The number of anilines is 1. The molecule has 6 heteroatoms. The number of carboxylic acid groups (broad SMARTS) is 1. The highest BCUT2D eigenvalue weighted by molar-refractivity contribution is 5.93. The third kappa shape index (κ3) is 3.85. The smallest absolute Gasteiger partial charge is 0.335 e.